The van der Waals surface area contributed by atoms with Gasteiger partial charge in [-0.05, 0) is 64.7 Å². The molecule has 2 heterocycles. The van der Waals surface area contributed by atoms with E-state index in [0.717, 1.165) is 44.8 Å². The lowest BCUT2D eigenvalue weighted by Crippen LogP contribution is -2.49. The van der Waals surface area contributed by atoms with Crippen molar-refractivity contribution in [1.29, 1.82) is 0 Å². The van der Waals surface area contributed by atoms with E-state index in [2.05, 4.69) is 55.2 Å². The van der Waals surface area contributed by atoms with Crippen LogP contribution in [0.3, 0.4) is 0 Å². The molecule has 1 aromatic carbocycles. The molecular formula is C18H22IN3OS. The van der Waals surface area contributed by atoms with Crippen LogP contribution < -0.4 is 5.32 Å². The van der Waals surface area contributed by atoms with E-state index in [4.69, 9.17) is 0 Å². The van der Waals surface area contributed by atoms with Gasteiger partial charge in [0.1, 0.15) is 0 Å². The standard InChI is InChI=1S/C18H22IN3OS/c19-15-3-5-16(6-4-15)20-18(23)14-22-11-9-21(10-12-22)8-7-17-2-1-13-24-17/h1-6,13H,7-12,14H2,(H,20,23). The molecule has 1 N–H and O–H groups in total. The Labute approximate surface area is 161 Å². The predicted molar refractivity (Wildman–Crippen MR) is 109 cm³/mol. The summed E-state index contributed by atoms with van der Waals surface area (Å²) < 4.78 is 1.17. The molecule has 128 valence electrons. The average Bonchev–Trinajstić information content (AvgIpc) is 3.10. The van der Waals surface area contributed by atoms with Crippen LogP contribution in [-0.2, 0) is 11.2 Å². The Morgan fingerprint density at radius 1 is 1.08 bits per heavy atom. The summed E-state index contributed by atoms with van der Waals surface area (Å²) >= 11 is 4.09. The maximum absolute atomic E-state index is 12.2. The largest absolute Gasteiger partial charge is 0.325 e. The first-order chi connectivity index (χ1) is 11.7. The van der Waals surface area contributed by atoms with Crippen LogP contribution >= 0.6 is 33.9 Å². The third kappa shape index (κ3) is 5.54. The predicted octanol–water partition coefficient (Wildman–Crippen LogP) is 3.15. The molecule has 0 unspecified atom stereocenters. The number of piperazine rings is 1. The fourth-order valence-corrected chi connectivity index (χ4v) is 3.89. The van der Waals surface area contributed by atoms with Crippen molar-refractivity contribution in [3.63, 3.8) is 0 Å². The summed E-state index contributed by atoms with van der Waals surface area (Å²) in [5.74, 6) is 0.0724. The highest BCUT2D eigenvalue weighted by Gasteiger charge is 2.18. The quantitative estimate of drug-likeness (QED) is 0.680. The average molecular weight is 455 g/mol. The molecular weight excluding hydrogens is 433 g/mol. The van der Waals surface area contributed by atoms with E-state index in [1.54, 1.807) is 0 Å². The Morgan fingerprint density at radius 2 is 1.79 bits per heavy atom. The van der Waals surface area contributed by atoms with Crippen LogP contribution in [0.2, 0.25) is 0 Å². The van der Waals surface area contributed by atoms with Crippen molar-refractivity contribution < 1.29 is 4.79 Å². The summed E-state index contributed by atoms with van der Waals surface area (Å²) in [6, 6.07) is 12.2. The number of carbonyl (C=O) groups excluding carboxylic acids is 1. The molecule has 0 radical (unpaired) electrons. The maximum atomic E-state index is 12.2. The van der Waals surface area contributed by atoms with E-state index < -0.39 is 0 Å². The Kier molecular flexibility index (Phi) is 6.65. The molecule has 4 nitrogen and oxygen atoms in total. The van der Waals surface area contributed by atoms with Gasteiger partial charge >= 0.3 is 0 Å². The van der Waals surface area contributed by atoms with Crippen LogP contribution in [0.1, 0.15) is 4.88 Å². The first-order valence-electron chi connectivity index (χ1n) is 8.21. The lowest BCUT2D eigenvalue weighted by molar-refractivity contribution is -0.117. The van der Waals surface area contributed by atoms with Gasteiger partial charge < -0.3 is 10.2 Å². The molecule has 0 atom stereocenters. The summed E-state index contributed by atoms with van der Waals surface area (Å²) in [7, 11) is 0. The first kappa shape index (κ1) is 17.8. The fraction of sp³-hybridized carbons (Fsp3) is 0.389. The minimum Gasteiger partial charge on any atom is -0.325 e. The third-order valence-electron chi connectivity index (χ3n) is 4.21. The van der Waals surface area contributed by atoms with E-state index in [1.807, 2.05) is 35.6 Å². The van der Waals surface area contributed by atoms with Crippen LogP contribution in [0.15, 0.2) is 41.8 Å². The molecule has 1 fully saturated rings. The summed E-state index contributed by atoms with van der Waals surface area (Å²) in [5, 5.41) is 5.11. The number of halogens is 1. The normalized spacial score (nSPS) is 16.2. The number of benzene rings is 1. The minimum absolute atomic E-state index is 0.0724. The number of amides is 1. The zero-order valence-corrected chi connectivity index (χ0v) is 16.6. The van der Waals surface area contributed by atoms with Gasteiger partial charge in [-0.15, -0.1) is 11.3 Å². The van der Waals surface area contributed by atoms with E-state index in [9.17, 15) is 4.79 Å². The monoisotopic (exact) mass is 455 g/mol. The second-order valence-electron chi connectivity index (χ2n) is 6.00. The molecule has 1 saturated heterocycles. The van der Waals surface area contributed by atoms with Gasteiger partial charge in [0.25, 0.3) is 0 Å². The lowest BCUT2D eigenvalue weighted by Gasteiger charge is -2.34. The summed E-state index contributed by atoms with van der Waals surface area (Å²) in [6.45, 7) is 5.60. The van der Waals surface area contributed by atoms with E-state index in [0.29, 0.717) is 6.54 Å². The minimum atomic E-state index is 0.0724. The number of anilines is 1. The summed E-state index contributed by atoms with van der Waals surface area (Å²) in [4.78, 5) is 18.3. The molecule has 1 aromatic heterocycles. The smallest absolute Gasteiger partial charge is 0.238 e. The summed E-state index contributed by atoms with van der Waals surface area (Å²) in [6.07, 6.45) is 1.13. The van der Waals surface area contributed by atoms with Crippen molar-refractivity contribution in [3.8, 4) is 0 Å². The Hall–Kier alpha value is -0.960. The second-order valence-corrected chi connectivity index (χ2v) is 8.28. The van der Waals surface area contributed by atoms with Crippen LogP contribution in [0.5, 0.6) is 0 Å². The van der Waals surface area contributed by atoms with Gasteiger partial charge in [-0.2, -0.15) is 0 Å². The molecule has 0 saturated carbocycles. The molecule has 2 aromatic rings. The highest BCUT2D eigenvalue weighted by atomic mass is 127. The third-order valence-corrected chi connectivity index (χ3v) is 5.87. The van der Waals surface area contributed by atoms with Crippen molar-refractivity contribution in [3.05, 3.63) is 50.2 Å². The number of thiophene rings is 1. The highest BCUT2D eigenvalue weighted by molar-refractivity contribution is 14.1. The van der Waals surface area contributed by atoms with Gasteiger partial charge in [-0.1, -0.05) is 6.07 Å². The topological polar surface area (TPSA) is 35.6 Å². The molecule has 1 aliphatic heterocycles. The molecule has 0 spiro atoms. The number of rotatable bonds is 6. The van der Waals surface area contributed by atoms with E-state index in [-0.39, 0.29) is 5.91 Å². The molecule has 24 heavy (non-hydrogen) atoms. The van der Waals surface area contributed by atoms with Gasteiger partial charge in [0.2, 0.25) is 5.91 Å². The van der Waals surface area contributed by atoms with Crippen molar-refractivity contribution >= 4 is 45.5 Å². The van der Waals surface area contributed by atoms with Gasteiger partial charge in [0.05, 0.1) is 6.54 Å². The maximum Gasteiger partial charge on any atom is 0.238 e. The molecule has 1 aliphatic rings. The SMILES string of the molecule is O=C(CN1CCN(CCc2cccs2)CC1)Nc1ccc(I)cc1. The van der Waals surface area contributed by atoms with Crippen LogP contribution in [0, 0.1) is 3.57 Å². The zero-order chi connectivity index (χ0) is 16.8. The van der Waals surface area contributed by atoms with Gasteiger partial charge in [-0.25, -0.2) is 0 Å². The Balaban J connectivity index is 1.37. The highest BCUT2D eigenvalue weighted by Crippen LogP contribution is 2.12. The molecule has 6 heteroatoms. The number of hydrogen-bond donors (Lipinski definition) is 1. The lowest BCUT2D eigenvalue weighted by atomic mass is 10.2. The van der Waals surface area contributed by atoms with Crippen molar-refractivity contribution in [2.75, 3.05) is 44.6 Å². The molecule has 3 rings (SSSR count). The second kappa shape index (κ2) is 8.94. The first-order valence-corrected chi connectivity index (χ1v) is 10.2. The van der Waals surface area contributed by atoms with Crippen LogP contribution in [0.4, 0.5) is 5.69 Å². The molecule has 0 bridgehead atoms. The number of nitrogens with one attached hydrogen (secondary N) is 1. The van der Waals surface area contributed by atoms with E-state index in [1.165, 1.54) is 8.45 Å². The molecule has 1 amide bonds. The van der Waals surface area contributed by atoms with Crippen LogP contribution in [-0.4, -0.2) is 55.0 Å². The van der Waals surface area contributed by atoms with Gasteiger partial charge in [-0.3, -0.25) is 9.69 Å². The number of hydrogen-bond acceptors (Lipinski definition) is 4. The Morgan fingerprint density at radius 3 is 2.46 bits per heavy atom. The number of carbonyl (C=O) groups is 1. The van der Waals surface area contributed by atoms with Crippen molar-refractivity contribution in [2.24, 2.45) is 0 Å². The van der Waals surface area contributed by atoms with E-state index >= 15 is 0 Å². The van der Waals surface area contributed by atoms with Crippen molar-refractivity contribution in [2.45, 2.75) is 6.42 Å². The zero-order valence-electron chi connectivity index (χ0n) is 13.6. The number of nitrogens with zero attached hydrogens (tertiary/aromatic N) is 2. The van der Waals surface area contributed by atoms with Crippen molar-refractivity contribution in [1.82, 2.24) is 9.80 Å². The fourth-order valence-electron chi connectivity index (χ4n) is 2.83. The Bertz CT molecular complexity index is 637. The molecule has 0 aliphatic carbocycles. The van der Waals surface area contributed by atoms with Gasteiger partial charge in [0, 0.05) is 46.9 Å². The van der Waals surface area contributed by atoms with Gasteiger partial charge in [0.15, 0.2) is 0 Å². The summed E-state index contributed by atoms with van der Waals surface area (Å²) in [5.41, 5.74) is 0.870. The van der Waals surface area contributed by atoms with Crippen LogP contribution in [0.25, 0.3) is 0 Å².